The molecule has 0 aromatic heterocycles. The number of unbranched alkanes of at least 4 members (excludes halogenated alkanes) is 1. The second kappa shape index (κ2) is 12.6. The first-order valence-corrected chi connectivity index (χ1v) is 4.60. The first kappa shape index (κ1) is 13.6. The predicted octanol–water partition coefficient (Wildman–Crippen LogP) is 2.06. The number of hydrogen-bond acceptors (Lipinski definition) is 3. The number of hydrogen-bond donors (Lipinski definition) is 1. The summed E-state index contributed by atoms with van der Waals surface area (Å²) in [6.45, 7) is 4.23. The molecule has 1 N–H and O–H groups in total. The maximum absolute atomic E-state index is 9.60. The van der Waals surface area contributed by atoms with Crippen molar-refractivity contribution in [3.63, 3.8) is 0 Å². The molecule has 0 aliphatic rings. The van der Waals surface area contributed by atoms with Crippen LogP contribution in [0.25, 0.3) is 0 Å². The van der Waals surface area contributed by atoms with E-state index in [1.165, 1.54) is 20.0 Å². The van der Waals surface area contributed by atoms with E-state index in [1.807, 2.05) is 0 Å². The monoisotopic (exact) mass is 183 g/mol. The lowest BCUT2D eigenvalue weighted by Crippen LogP contribution is -1.86. The molecule has 0 spiro atoms. The van der Waals surface area contributed by atoms with E-state index in [0.717, 1.165) is 0 Å². The molecule has 0 saturated heterocycles. The Morgan fingerprint density at radius 1 is 1.36 bits per heavy atom. The Kier molecular flexibility index (Phi) is 15.6. The molecule has 0 aromatic rings. The van der Waals surface area contributed by atoms with E-state index in [-0.39, 0.29) is 6.79 Å². The molecule has 1 atom stereocenters. The number of methoxy groups -OCH3 is 1. The largest absolute Gasteiger partial charge is 0.697 e. The normalized spacial score (nSPS) is 10.0. The van der Waals surface area contributed by atoms with Crippen LogP contribution in [0.5, 0.6) is 0 Å². The van der Waals surface area contributed by atoms with E-state index in [0.29, 0.717) is 0 Å². The van der Waals surface area contributed by atoms with Gasteiger partial charge in [-0.1, -0.05) is 31.2 Å². The molecule has 0 bridgehead atoms. The summed E-state index contributed by atoms with van der Waals surface area (Å²) < 4.78 is 17.9. The van der Waals surface area contributed by atoms with E-state index < -0.39 is 8.25 Å². The minimum absolute atomic E-state index is 0.133. The maximum atomic E-state index is 9.60. The van der Waals surface area contributed by atoms with Gasteiger partial charge in [0.15, 0.2) is 0 Å². The van der Waals surface area contributed by atoms with Crippen LogP contribution in [0.15, 0.2) is 0 Å². The molecular formula is C6H16O4P+. The Hall–Kier alpha value is -0.0200. The summed E-state index contributed by atoms with van der Waals surface area (Å²) in [6.07, 6.45) is 2.64. The molecule has 4 nitrogen and oxygen atoms in total. The highest BCUT2D eigenvalue weighted by Gasteiger charge is 2.09. The van der Waals surface area contributed by atoms with Crippen molar-refractivity contribution in [2.45, 2.75) is 26.7 Å². The minimum atomic E-state index is -2.48. The zero-order valence-corrected chi connectivity index (χ0v) is 8.13. The first-order valence-electron chi connectivity index (χ1n) is 3.46. The Morgan fingerprint density at radius 2 is 1.82 bits per heavy atom. The fourth-order valence-corrected chi connectivity index (χ4v) is 0.293. The molecule has 0 fully saturated rings. The molecule has 0 aliphatic carbocycles. The van der Waals surface area contributed by atoms with Gasteiger partial charge in [-0.05, 0) is 0 Å². The summed E-state index contributed by atoms with van der Waals surface area (Å²) in [5.41, 5.74) is 0. The standard InChI is InChI=1S/C4H10.C2H5O4P/c1-3-4-2;1-5-2-6-7(3)4/h3-4H2,1-2H3;2H2,1H3/p+1. The third-order valence-electron chi connectivity index (χ3n) is 0.781. The Balaban J connectivity index is 0. The molecule has 11 heavy (non-hydrogen) atoms. The Labute approximate surface area is 68.5 Å². The molecule has 5 heteroatoms. The van der Waals surface area contributed by atoms with E-state index in [4.69, 9.17) is 4.89 Å². The van der Waals surface area contributed by atoms with Crippen molar-refractivity contribution in [3.05, 3.63) is 0 Å². The van der Waals surface area contributed by atoms with Crippen LogP contribution < -0.4 is 0 Å². The van der Waals surface area contributed by atoms with Gasteiger partial charge in [-0.2, -0.15) is 0 Å². The molecule has 0 aliphatic heterocycles. The number of rotatable bonds is 4. The van der Waals surface area contributed by atoms with E-state index >= 15 is 0 Å². The number of ether oxygens (including phenoxy) is 1. The van der Waals surface area contributed by atoms with Gasteiger partial charge in [0.1, 0.15) is 0 Å². The second-order valence-electron chi connectivity index (χ2n) is 1.77. The van der Waals surface area contributed by atoms with Crippen molar-refractivity contribution in [1.29, 1.82) is 0 Å². The summed E-state index contributed by atoms with van der Waals surface area (Å²) in [4.78, 5) is 7.89. The summed E-state index contributed by atoms with van der Waals surface area (Å²) >= 11 is 0. The predicted molar refractivity (Wildman–Crippen MR) is 43.4 cm³/mol. The zero-order valence-electron chi connectivity index (χ0n) is 7.24. The van der Waals surface area contributed by atoms with Crippen molar-refractivity contribution >= 4 is 8.25 Å². The highest BCUT2D eigenvalue weighted by atomic mass is 31.1. The van der Waals surface area contributed by atoms with Crippen LogP contribution in [0.4, 0.5) is 0 Å². The fraction of sp³-hybridized carbons (Fsp3) is 1.00. The average molecular weight is 183 g/mol. The van der Waals surface area contributed by atoms with Gasteiger partial charge >= 0.3 is 8.25 Å². The fourth-order valence-electron chi connectivity index (χ4n) is 0.0978. The van der Waals surface area contributed by atoms with Gasteiger partial charge in [-0.3, -0.25) is 0 Å². The van der Waals surface area contributed by atoms with Crippen molar-refractivity contribution in [2.75, 3.05) is 13.9 Å². The van der Waals surface area contributed by atoms with E-state index in [1.54, 1.807) is 0 Å². The van der Waals surface area contributed by atoms with Gasteiger partial charge in [-0.15, -0.1) is 4.89 Å². The van der Waals surface area contributed by atoms with Gasteiger partial charge in [0.25, 0.3) is 0 Å². The molecule has 1 unspecified atom stereocenters. The lowest BCUT2D eigenvalue weighted by atomic mass is 10.4. The molecular weight excluding hydrogens is 167 g/mol. The third-order valence-corrected chi connectivity index (χ3v) is 1.11. The van der Waals surface area contributed by atoms with Crippen LogP contribution in [0.2, 0.25) is 0 Å². The zero-order chi connectivity index (χ0) is 9.11. The first-order chi connectivity index (χ1) is 5.18. The molecule has 0 radical (unpaired) electrons. The SMILES string of the molecule is CCCC.COCO[P+](=O)O. The van der Waals surface area contributed by atoms with Crippen molar-refractivity contribution in [3.8, 4) is 0 Å². The van der Waals surface area contributed by atoms with Gasteiger partial charge in [-0.25, -0.2) is 0 Å². The van der Waals surface area contributed by atoms with Gasteiger partial charge in [0, 0.05) is 11.7 Å². The lowest BCUT2D eigenvalue weighted by molar-refractivity contribution is 0.0489. The molecule has 68 valence electrons. The van der Waals surface area contributed by atoms with E-state index in [9.17, 15) is 4.57 Å². The summed E-state index contributed by atoms with van der Waals surface area (Å²) in [5, 5.41) is 0. The Bertz CT molecular complexity index is 84.7. The van der Waals surface area contributed by atoms with Crippen LogP contribution in [-0.4, -0.2) is 18.8 Å². The van der Waals surface area contributed by atoms with Crippen molar-refractivity contribution in [2.24, 2.45) is 0 Å². The topological polar surface area (TPSA) is 55.8 Å². The molecule has 0 aromatic carbocycles. The van der Waals surface area contributed by atoms with Gasteiger partial charge in [0.2, 0.25) is 6.79 Å². The molecule has 0 rings (SSSR count). The maximum Gasteiger partial charge on any atom is 0.697 e. The Morgan fingerprint density at radius 3 is 1.91 bits per heavy atom. The molecule has 0 heterocycles. The van der Waals surface area contributed by atoms with E-state index in [2.05, 4.69) is 23.1 Å². The van der Waals surface area contributed by atoms with Crippen LogP contribution >= 0.6 is 8.25 Å². The van der Waals surface area contributed by atoms with Crippen LogP contribution in [0.3, 0.4) is 0 Å². The quantitative estimate of drug-likeness (QED) is 0.535. The van der Waals surface area contributed by atoms with Gasteiger partial charge < -0.3 is 4.74 Å². The molecule has 0 amide bonds. The second-order valence-corrected chi connectivity index (χ2v) is 2.51. The van der Waals surface area contributed by atoms with Crippen LogP contribution in [0.1, 0.15) is 26.7 Å². The highest BCUT2D eigenvalue weighted by Crippen LogP contribution is 2.12. The lowest BCUT2D eigenvalue weighted by Gasteiger charge is -1.80. The smallest absolute Gasteiger partial charge is 0.354 e. The highest BCUT2D eigenvalue weighted by molar-refractivity contribution is 7.32. The third kappa shape index (κ3) is 25.6. The summed E-state index contributed by atoms with van der Waals surface area (Å²) in [6, 6.07) is 0. The van der Waals surface area contributed by atoms with Crippen molar-refractivity contribution < 1.29 is 18.7 Å². The summed E-state index contributed by atoms with van der Waals surface area (Å²) in [5.74, 6) is 0. The average Bonchev–Trinajstić information content (AvgIpc) is 2.01. The van der Waals surface area contributed by atoms with Crippen LogP contribution in [0, 0.1) is 0 Å². The summed E-state index contributed by atoms with van der Waals surface area (Å²) in [7, 11) is -1.11. The molecule has 0 saturated carbocycles. The minimum Gasteiger partial charge on any atom is -0.354 e. The van der Waals surface area contributed by atoms with Crippen LogP contribution in [-0.2, 0) is 13.8 Å². The van der Waals surface area contributed by atoms with Gasteiger partial charge in [0.05, 0.1) is 0 Å². The van der Waals surface area contributed by atoms with Crippen molar-refractivity contribution in [1.82, 2.24) is 0 Å².